The lowest BCUT2D eigenvalue weighted by atomic mass is 10.1. The van der Waals surface area contributed by atoms with E-state index in [1.807, 2.05) is 30.3 Å². The van der Waals surface area contributed by atoms with Crippen LogP contribution in [0.1, 0.15) is 22.6 Å². The average Bonchev–Trinajstić information content (AvgIpc) is 3.12. The summed E-state index contributed by atoms with van der Waals surface area (Å²) < 4.78 is 0. The zero-order valence-electron chi connectivity index (χ0n) is 15.0. The van der Waals surface area contributed by atoms with Crippen molar-refractivity contribution in [3.05, 3.63) is 74.7 Å². The number of aromatic nitrogens is 2. The number of carbonyl (C=O) groups excluding carboxylic acids is 1. The minimum absolute atomic E-state index is 0.0861. The Kier molecular flexibility index (Phi) is 8.15. The highest BCUT2D eigenvalue weighted by Crippen LogP contribution is 2.25. The van der Waals surface area contributed by atoms with E-state index in [9.17, 15) is 4.79 Å². The standard InChI is InChI=1S/C20H19Cl2N3OS2/c21-16-10-9-15(11-17(16)22)12-27-13-18(26)23-20-25-24-19(28-20)8-4-7-14-5-2-1-3-6-14/h1-3,5-6,9-11H,4,7-8,12-13H2,(H,23,25,26). The highest BCUT2D eigenvalue weighted by Gasteiger charge is 2.09. The molecule has 0 aliphatic carbocycles. The SMILES string of the molecule is O=C(CSCc1ccc(Cl)c(Cl)c1)Nc1nnc(CCCc2ccccc2)s1. The van der Waals surface area contributed by atoms with Gasteiger partial charge in [0.15, 0.2) is 0 Å². The van der Waals surface area contributed by atoms with E-state index in [1.165, 1.54) is 28.7 Å². The Morgan fingerprint density at radius 3 is 2.61 bits per heavy atom. The molecule has 0 aliphatic rings. The van der Waals surface area contributed by atoms with Crippen molar-refractivity contribution in [1.82, 2.24) is 10.2 Å². The molecule has 0 aliphatic heterocycles. The molecule has 146 valence electrons. The molecule has 0 unspecified atom stereocenters. The van der Waals surface area contributed by atoms with Gasteiger partial charge in [-0.3, -0.25) is 10.1 Å². The molecule has 1 amide bonds. The lowest BCUT2D eigenvalue weighted by Crippen LogP contribution is -2.13. The predicted molar refractivity (Wildman–Crippen MR) is 120 cm³/mol. The molecule has 3 aromatic rings. The van der Waals surface area contributed by atoms with Crippen molar-refractivity contribution >= 4 is 57.3 Å². The van der Waals surface area contributed by atoms with E-state index in [0.717, 1.165) is 29.8 Å². The van der Waals surface area contributed by atoms with Crippen LogP contribution < -0.4 is 5.32 Å². The third-order valence-electron chi connectivity index (χ3n) is 3.90. The molecule has 0 spiro atoms. The van der Waals surface area contributed by atoms with Crippen molar-refractivity contribution in [2.75, 3.05) is 11.1 Å². The van der Waals surface area contributed by atoms with Gasteiger partial charge in [0, 0.05) is 12.2 Å². The maximum absolute atomic E-state index is 12.1. The van der Waals surface area contributed by atoms with Gasteiger partial charge in [-0.2, -0.15) is 0 Å². The number of benzene rings is 2. The average molecular weight is 452 g/mol. The topological polar surface area (TPSA) is 54.9 Å². The number of thioether (sulfide) groups is 1. The van der Waals surface area contributed by atoms with Crippen molar-refractivity contribution in [3.63, 3.8) is 0 Å². The molecule has 1 N–H and O–H groups in total. The third-order valence-corrected chi connectivity index (χ3v) is 6.54. The van der Waals surface area contributed by atoms with Gasteiger partial charge in [-0.25, -0.2) is 0 Å². The quantitative estimate of drug-likeness (QED) is 0.440. The molecule has 2 aromatic carbocycles. The Bertz CT molecular complexity index is 919. The van der Waals surface area contributed by atoms with E-state index in [0.29, 0.717) is 26.7 Å². The molecule has 0 atom stereocenters. The Morgan fingerprint density at radius 1 is 1.00 bits per heavy atom. The fourth-order valence-corrected chi connectivity index (χ4v) is 4.43. The van der Waals surface area contributed by atoms with Crippen molar-refractivity contribution in [2.45, 2.75) is 25.0 Å². The van der Waals surface area contributed by atoms with Crippen LogP contribution in [-0.2, 0) is 23.4 Å². The second kappa shape index (κ2) is 10.8. The first kappa shape index (κ1) is 21.1. The summed E-state index contributed by atoms with van der Waals surface area (Å²) in [5.41, 5.74) is 2.35. The van der Waals surface area contributed by atoms with E-state index in [1.54, 1.807) is 6.07 Å². The van der Waals surface area contributed by atoms with Crippen LogP contribution >= 0.6 is 46.3 Å². The number of anilines is 1. The number of nitrogens with one attached hydrogen (secondary N) is 1. The van der Waals surface area contributed by atoms with Crippen molar-refractivity contribution in [1.29, 1.82) is 0 Å². The lowest BCUT2D eigenvalue weighted by molar-refractivity contribution is -0.113. The fourth-order valence-electron chi connectivity index (χ4n) is 2.54. The molecule has 4 nitrogen and oxygen atoms in total. The molecular formula is C20H19Cl2N3OS2. The number of nitrogens with zero attached hydrogens (tertiary/aromatic N) is 2. The fraction of sp³-hybridized carbons (Fsp3) is 0.250. The Balaban J connectivity index is 1.38. The van der Waals surface area contributed by atoms with Crippen LogP contribution in [0.5, 0.6) is 0 Å². The van der Waals surface area contributed by atoms with Crippen molar-refractivity contribution in [3.8, 4) is 0 Å². The van der Waals surface area contributed by atoms with Gasteiger partial charge in [0.2, 0.25) is 11.0 Å². The van der Waals surface area contributed by atoms with Crippen LogP contribution in [0.15, 0.2) is 48.5 Å². The summed E-state index contributed by atoms with van der Waals surface area (Å²) in [5, 5.41) is 13.6. The predicted octanol–water partition coefficient (Wildman–Crippen LogP) is 5.89. The molecule has 8 heteroatoms. The lowest BCUT2D eigenvalue weighted by Gasteiger charge is -2.03. The highest BCUT2D eigenvalue weighted by molar-refractivity contribution is 7.99. The van der Waals surface area contributed by atoms with Gasteiger partial charge in [-0.1, -0.05) is 70.9 Å². The van der Waals surface area contributed by atoms with Gasteiger partial charge in [-0.15, -0.1) is 22.0 Å². The van der Waals surface area contributed by atoms with E-state index >= 15 is 0 Å². The van der Waals surface area contributed by atoms with Gasteiger partial charge in [-0.05, 0) is 36.1 Å². The van der Waals surface area contributed by atoms with Crippen LogP contribution in [0, 0.1) is 0 Å². The zero-order valence-corrected chi connectivity index (χ0v) is 18.2. The summed E-state index contributed by atoms with van der Waals surface area (Å²) in [6, 6.07) is 15.9. The molecule has 0 radical (unpaired) electrons. The molecule has 1 heterocycles. The second-order valence-electron chi connectivity index (χ2n) is 6.13. The summed E-state index contributed by atoms with van der Waals surface area (Å²) >= 11 is 14.9. The van der Waals surface area contributed by atoms with Crippen molar-refractivity contribution < 1.29 is 4.79 Å². The first-order valence-corrected chi connectivity index (χ1v) is 11.5. The second-order valence-corrected chi connectivity index (χ2v) is 8.99. The van der Waals surface area contributed by atoms with E-state index < -0.39 is 0 Å². The maximum atomic E-state index is 12.1. The van der Waals surface area contributed by atoms with E-state index in [2.05, 4.69) is 27.6 Å². The Morgan fingerprint density at radius 2 is 1.82 bits per heavy atom. The van der Waals surface area contributed by atoms with Gasteiger partial charge >= 0.3 is 0 Å². The molecule has 0 saturated heterocycles. The number of halogens is 2. The summed E-state index contributed by atoms with van der Waals surface area (Å²) in [6.07, 6.45) is 2.87. The first-order chi connectivity index (χ1) is 13.6. The first-order valence-electron chi connectivity index (χ1n) is 8.78. The van der Waals surface area contributed by atoms with Crippen LogP contribution in [-0.4, -0.2) is 21.9 Å². The highest BCUT2D eigenvalue weighted by atomic mass is 35.5. The molecule has 0 saturated carbocycles. The summed E-state index contributed by atoms with van der Waals surface area (Å²) in [4.78, 5) is 12.1. The van der Waals surface area contributed by atoms with E-state index in [4.69, 9.17) is 23.2 Å². The van der Waals surface area contributed by atoms with Gasteiger partial charge < -0.3 is 0 Å². The molecule has 1 aromatic heterocycles. The summed E-state index contributed by atoms with van der Waals surface area (Å²) in [5.74, 6) is 0.936. The van der Waals surface area contributed by atoms with Crippen LogP contribution in [0.3, 0.4) is 0 Å². The number of aryl methyl sites for hydroxylation is 2. The Labute approximate surface area is 182 Å². The van der Waals surface area contributed by atoms with Crippen LogP contribution in [0.25, 0.3) is 0 Å². The summed E-state index contributed by atoms with van der Waals surface area (Å²) in [7, 11) is 0. The smallest absolute Gasteiger partial charge is 0.236 e. The Hall–Kier alpha value is -1.60. The number of rotatable bonds is 9. The largest absolute Gasteiger partial charge is 0.300 e. The number of hydrogen-bond acceptors (Lipinski definition) is 5. The van der Waals surface area contributed by atoms with Gasteiger partial charge in [0.1, 0.15) is 5.01 Å². The minimum atomic E-state index is -0.0861. The number of carbonyl (C=O) groups is 1. The van der Waals surface area contributed by atoms with E-state index in [-0.39, 0.29) is 5.91 Å². The van der Waals surface area contributed by atoms with Crippen LogP contribution in [0.4, 0.5) is 5.13 Å². The third kappa shape index (κ3) is 6.78. The van der Waals surface area contributed by atoms with Crippen molar-refractivity contribution in [2.24, 2.45) is 0 Å². The molecule has 0 bridgehead atoms. The summed E-state index contributed by atoms with van der Waals surface area (Å²) in [6.45, 7) is 0. The molecule has 28 heavy (non-hydrogen) atoms. The minimum Gasteiger partial charge on any atom is -0.300 e. The molecular weight excluding hydrogens is 433 g/mol. The molecule has 0 fully saturated rings. The normalized spacial score (nSPS) is 10.8. The van der Waals surface area contributed by atoms with Gasteiger partial charge in [0.05, 0.1) is 15.8 Å². The number of hydrogen-bond donors (Lipinski definition) is 1. The molecule has 3 rings (SSSR count). The monoisotopic (exact) mass is 451 g/mol. The maximum Gasteiger partial charge on any atom is 0.236 e. The van der Waals surface area contributed by atoms with Crippen LogP contribution in [0.2, 0.25) is 10.0 Å². The van der Waals surface area contributed by atoms with Gasteiger partial charge in [0.25, 0.3) is 0 Å². The zero-order chi connectivity index (χ0) is 19.8. The number of amides is 1.